The van der Waals surface area contributed by atoms with Crippen LogP contribution >= 0.6 is 0 Å². The van der Waals surface area contributed by atoms with Crippen molar-refractivity contribution in [2.75, 3.05) is 13.2 Å². The molecule has 0 aromatic carbocycles. The molecule has 0 spiro atoms. The number of hydrogen-bond donors (Lipinski definition) is 3. The van der Waals surface area contributed by atoms with E-state index in [0.717, 1.165) is 38.5 Å². The van der Waals surface area contributed by atoms with Crippen molar-refractivity contribution in [3.05, 3.63) is 12.2 Å². The summed E-state index contributed by atoms with van der Waals surface area (Å²) in [6, 6.07) is -0.540. The minimum Gasteiger partial charge on any atom is -0.466 e. The Hall–Kier alpha value is -1.40. The Kier molecular flexibility index (Phi) is 69.9. The van der Waals surface area contributed by atoms with Gasteiger partial charge in [-0.3, -0.25) is 9.59 Å². The second-order valence-electron chi connectivity index (χ2n) is 26.0. The second kappa shape index (κ2) is 71.1. The Balaban J connectivity index is 3.34. The lowest BCUT2D eigenvalue weighted by atomic mass is 10.0. The first-order valence-electron chi connectivity index (χ1n) is 37.4. The zero-order valence-corrected chi connectivity index (χ0v) is 55.3. The molecule has 0 aliphatic heterocycles. The van der Waals surface area contributed by atoms with E-state index < -0.39 is 12.1 Å². The first-order valence-corrected chi connectivity index (χ1v) is 37.4. The van der Waals surface area contributed by atoms with Crippen molar-refractivity contribution in [3.8, 4) is 0 Å². The summed E-state index contributed by atoms with van der Waals surface area (Å²) in [5.41, 5.74) is 0. The number of rotatable bonds is 71. The van der Waals surface area contributed by atoms with Gasteiger partial charge in [-0.1, -0.05) is 379 Å². The smallest absolute Gasteiger partial charge is 0.305 e. The minimum atomic E-state index is -0.663. The number of allylic oxidation sites excluding steroid dienone is 2. The summed E-state index contributed by atoms with van der Waals surface area (Å²) in [4.78, 5) is 24.6. The van der Waals surface area contributed by atoms with Gasteiger partial charge >= 0.3 is 5.97 Å². The van der Waals surface area contributed by atoms with Gasteiger partial charge in [-0.2, -0.15) is 0 Å². The van der Waals surface area contributed by atoms with Gasteiger partial charge in [-0.05, 0) is 51.4 Å². The Labute approximate surface area is 508 Å². The summed E-state index contributed by atoms with van der Waals surface area (Å²) in [5.74, 6) is -0.00773. The van der Waals surface area contributed by atoms with E-state index in [9.17, 15) is 19.8 Å². The van der Waals surface area contributed by atoms with E-state index in [-0.39, 0.29) is 18.5 Å². The molecule has 0 saturated heterocycles. The summed E-state index contributed by atoms with van der Waals surface area (Å²) in [6.07, 6.45) is 88.5. The van der Waals surface area contributed by atoms with E-state index in [1.54, 1.807) is 0 Å². The Morgan fingerprint density at radius 2 is 0.580 bits per heavy atom. The van der Waals surface area contributed by atoms with E-state index >= 15 is 0 Å². The van der Waals surface area contributed by atoms with Crippen LogP contribution in [-0.4, -0.2) is 47.4 Å². The van der Waals surface area contributed by atoms with Gasteiger partial charge in [0.1, 0.15) is 0 Å². The lowest BCUT2D eigenvalue weighted by molar-refractivity contribution is -0.143. The van der Waals surface area contributed by atoms with Crippen LogP contribution in [0.4, 0.5) is 0 Å². The number of ether oxygens (including phenoxy) is 1. The number of carbonyl (C=O) groups is 2. The van der Waals surface area contributed by atoms with Gasteiger partial charge in [0.05, 0.1) is 25.4 Å². The molecule has 0 aromatic heterocycles. The molecule has 2 unspecified atom stereocenters. The molecule has 0 bridgehead atoms. The summed E-state index contributed by atoms with van der Waals surface area (Å²) >= 11 is 0. The number of amides is 1. The first kappa shape index (κ1) is 79.6. The van der Waals surface area contributed by atoms with Crippen LogP contribution in [0.2, 0.25) is 0 Å². The van der Waals surface area contributed by atoms with E-state index in [2.05, 4.69) is 31.3 Å². The number of esters is 1. The molecular formula is C75H147NO5. The molecule has 0 radical (unpaired) electrons. The molecule has 0 fully saturated rings. The SMILES string of the molecule is CCCCCCCCCCCCCCCCCCCCCC(=O)OCCCCCCCCCCCCCC/C=C\CCCCCCCCCCCCCCCC(=O)NC(CO)C(O)CCCCCCCCCCCCCCCCCC. The van der Waals surface area contributed by atoms with Gasteiger partial charge in [0.25, 0.3) is 0 Å². The largest absolute Gasteiger partial charge is 0.466 e. The summed E-state index contributed by atoms with van der Waals surface area (Å²) < 4.78 is 5.52. The number of aliphatic hydroxyl groups is 2. The third-order valence-corrected chi connectivity index (χ3v) is 17.8. The fourth-order valence-electron chi connectivity index (χ4n) is 12.1. The number of hydrogen-bond acceptors (Lipinski definition) is 5. The van der Waals surface area contributed by atoms with Gasteiger partial charge < -0.3 is 20.3 Å². The molecule has 0 aliphatic rings. The number of carbonyl (C=O) groups excluding carboxylic acids is 2. The van der Waals surface area contributed by atoms with Crippen molar-refractivity contribution in [2.45, 2.75) is 443 Å². The molecule has 482 valence electrons. The van der Waals surface area contributed by atoms with Crippen molar-refractivity contribution in [3.63, 3.8) is 0 Å². The van der Waals surface area contributed by atoms with Crippen molar-refractivity contribution >= 4 is 11.9 Å². The second-order valence-corrected chi connectivity index (χ2v) is 26.0. The van der Waals surface area contributed by atoms with E-state index in [4.69, 9.17) is 4.74 Å². The minimum absolute atomic E-state index is 0.0225. The van der Waals surface area contributed by atoms with Crippen LogP contribution < -0.4 is 5.32 Å². The molecular weight excluding hydrogens is 995 g/mol. The van der Waals surface area contributed by atoms with E-state index in [1.807, 2.05) is 0 Å². The topological polar surface area (TPSA) is 95.9 Å². The summed E-state index contributed by atoms with van der Waals surface area (Å²) in [6.45, 7) is 5.01. The Bertz CT molecular complexity index is 1220. The fraction of sp³-hybridized carbons (Fsp3) is 0.947. The standard InChI is InChI=1S/C75H147NO5/c1-3-5-7-9-11-13-15-17-19-21-33-37-41-45-49-53-57-61-65-69-75(80)81-70-66-62-58-54-50-46-42-38-35-32-30-28-26-24-22-23-25-27-29-31-34-36-40-44-48-52-56-60-64-68-74(79)76-72(71-77)73(78)67-63-59-55-51-47-43-39-20-18-16-14-12-10-8-6-4-2/h22,24,72-73,77-78H,3-21,23,25-71H2,1-2H3,(H,76,79)/b24-22-. The predicted molar refractivity (Wildman–Crippen MR) is 357 cm³/mol. The molecule has 0 saturated carbocycles. The molecule has 3 N–H and O–H groups in total. The van der Waals surface area contributed by atoms with Gasteiger partial charge in [-0.25, -0.2) is 0 Å². The third-order valence-electron chi connectivity index (χ3n) is 17.8. The number of nitrogens with one attached hydrogen (secondary N) is 1. The van der Waals surface area contributed by atoms with Gasteiger partial charge in [0.2, 0.25) is 5.91 Å². The van der Waals surface area contributed by atoms with Crippen molar-refractivity contribution < 1.29 is 24.5 Å². The van der Waals surface area contributed by atoms with Gasteiger partial charge in [-0.15, -0.1) is 0 Å². The van der Waals surface area contributed by atoms with Crippen LogP contribution in [0.15, 0.2) is 12.2 Å². The van der Waals surface area contributed by atoms with Crippen LogP contribution in [0, 0.1) is 0 Å². The van der Waals surface area contributed by atoms with Crippen LogP contribution in [-0.2, 0) is 14.3 Å². The highest BCUT2D eigenvalue weighted by Crippen LogP contribution is 2.20. The molecule has 2 atom stereocenters. The van der Waals surface area contributed by atoms with Crippen LogP contribution in [0.25, 0.3) is 0 Å². The maximum absolute atomic E-state index is 12.5. The van der Waals surface area contributed by atoms with Crippen LogP contribution in [0.3, 0.4) is 0 Å². The predicted octanol–water partition coefficient (Wildman–Crippen LogP) is 24.3. The van der Waals surface area contributed by atoms with E-state index in [1.165, 1.54) is 360 Å². The lowest BCUT2D eigenvalue weighted by Crippen LogP contribution is -2.45. The monoisotopic (exact) mass is 1140 g/mol. The van der Waals surface area contributed by atoms with Crippen molar-refractivity contribution in [2.24, 2.45) is 0 Å². The van der Waals surface area contributed by atoms with E-state index in [0.29, 0.717) is 25.9 Å². The summed E-state index contributed by atoms with van der Waals surface area (Å²) in [7, 11) is 0. The average molecular weight is 1140 g/mol. The van der Waals surface area contributed by atoms with Crippen molar-refractivity contribution in [1.29, 1.82) is 0 Å². The van der Waals surface area contributed by atoms with Crippen molar-refractivity contribution in [1.82, 2.24) is 5.32 Å². The molecule has 6 nitrogen and oxygen atoms in total. The molecule has 0 aliphatic carbocycles. The highest BCUT2D eigenvalue weighted by Gasteiger charge is 2.20. The van der Waals surface area contributed by atoms with Gasteiger partial charge in [0.15, 0.2) is 0 Å². The van der Waals surface area contributed by atoms with Crippen LogP contribution in [0.1, 0.15) is 431 Å². The highest BCUT2D eigenvalue weighted by molar-refractivity contribution is 5.76. The van der Waals surface area contributed by atoms with Gasteiger partial charge in [0, 0.05) is 12.8 Å². The maximum atomic E-state index is 12.5. The zero-order chi connectivity index (χ0) is 58.5. The highest BCUT2D eigenvalue weighted by atomic mass is 16.5. The fourth-order valence-corrected chi connectivity index (χ4v) is 12.1. The normalized spacial score (nSPS) is 12.5. The third kappa shape index (κ3) is 67.6. The molecule has 0 aromatic rings. The number of unbranched alkanes of at least 4 members (excludes halogenated alkanes) is 58. The molecule has 0 heterocycles. The summed E-state index contributed by atoms with van der Waals surface area (Å²) in [5, 5.41) is 23.4. The number of aliphatic hydroxyl groups excluding tert-OH is 2. The van der Waals surface area contributed by atoms with Crippen LogP contribution in [0.5, 0.6) is 0 Å². The Morgan fingerprint density at radius 1 is 0.333 bits per heavy atom. The molecule has 1 amide bonds. The molecule has 6 heteroatoms. The zero-order valence-electron chi connectivity index (χ0n) is 55.3. The Morgan fingerprint density at radius 3 is 0.877 bits per heavy atom. The quantitative estimate of drug-likeness (QED) is 0.0320. The first-order chi connectivity index (χ1) is 40.0. The molecule has 81 heavy (non-hydrogen) atoms. The average Bonchev–Trinajstić information content (AvgIpc) is 3.47. The maximum Gasteiger partial charge on any atom is 0.305 e. The lowest BCUT2D eigenvalue weighted by Gasteiger charge is -2.22. The molecule has 0 rings (SSSR count).